The van der Waals surface area contributed by atoms with Gasteiger partial charge in [0.15, 0.2) is 0 Å². The minimum Gasteiger partial charge on any atom is -0.394 e. The van der Waals surface area contributed by atoms with E-state index in [1.165, 1.54) is 12.3 Å². The molecule has 0 aliphatic carbocycles. The molecule has 0 fully saturated rings. The Morgan fingerprint density at radius 1 is 1.25 bits per heavy atom. The lowest BCUT2D eigenvalue weighted by Gasteiger charge is -2.17. The van der Waals surface area contributed by atoms with Gasteiger partial charge < -0.3 is 10.4 Å². The third-order valence-electron chi connectivity index (χ3n) is 2.75. The molecule has 0 saturated heterocycles. The predicted octanol–water partition coefficient (Wildman–Crippen LogP) is 2.85. The molecule has 1 amide bonds. The molecule has 20 heavy (non-hydrogen) atoms. The molecule has 4 nitrogen and oxygen atoms in total. The summed E-state index contributed by atoms with van der Waals surface area (Å²) in [5, 5.41) is 13.0. The molecule has 104 valence electrons. The first kappa shape index (κ1) is 14.8. The highest BCUT2D eigenvalue weighted by molar-refractivity contribution is 6.30. The second-order valence-corrected chi connectivity index (χ2v) is 4.95. The fraction of sp³-hybridized carbons (Fsp3) is 0.143. The first-order valence-corrected chi connectivity index (χ1v) is 6.64. The largest absolute Gasteiger partial charge is 0.394 e. The molecule has 1 heterocycles. The zero-order valence-corrected chi connectivity index (χ0v) is 11.9. The standard InChI is InChI=1S/C14H12Cl2N2O2/c15-11-3-1-9(2-4-11)12(8-19)18-14(20)10-5-6-17-13(16)7-10/h1-7,12,19H,8H2,(H,18,20). The van der Waals surface area contributed by atoms with Crippen molar-refractivity contribution in [1.82, 2.24) is 10.3 Å². The molecule has 1 atom stereocenters. The van der Waals surface area contributed by atoms with E-state index in [0.29, 0.717) is 10.6 Å². The van der Waals surface area contributed by atoms with Gasteiger partial charge in [-0.1, -0.05) is 35.3 Å². The van der Waals surface area contributed by atoms with Crippen molar-refractivity contribution in [3.63, 3.8) is 0 Å². The number of carbonyl (C=O) groups excluding carboxylic acids is 1. The van der Waals surface area contributed by atoms with Crippen molar-refractivity contribution in [3.8, 4) is 0 Å². The van der Waals surface area contributed by atoms with E-state index in [0.717, 1.165) is 5.56 Å². The van der Waals surface area contributed by atoms with E-state index in [9.17, 15) is 9.90 Å². The molecule has 0 saturated carbocycles. The van der Waals surface area contributed by atoms with Gasteiger partial charge in [0.2, 0.25) is 0 Å². The van der Waals surface area contributed by atoms with Crippen LogP contribution < -0.4 is 5.32 Å². The number of pyridine rings is 1. The third kappa shape index (κ3) is 3.70. The van der Waals surface area contributed by atoms with Crippen LogP contribution in [0.1, 0.15) is 22.0 Å². The molecular formula is C14H12Cl2N2O2. The number of rotatable bonds is 4. The molecule has 1 aromatic heterocycles. The summed E-state index contributed by atoms with van der Waals surface area (Å²) in [6, 6.07) is 9.42. The van der Waals surface area contributed by atoms with Gasteiger partial charge in [-0.2, -0.15) is 0 Å². The number of aromatic nitrogens is 1. The van der Waals surface area contributed by atoms with Gasteiger partial charge in [-0.15, -0.1) is 0 Å². The highest BCUT2D eigenvalue weighted by atomic mass is 35.5. The maximum Gasteiger partial charge on any atom is 0.252 e. The first-order chi connectivity index (χ1) is 9.60. The smallest absolute Gasteiger partial charge is 0.252 e. The van der Waals surface area contributed by atoms with Crippen molar-refractivity contribution < 1.29 is 9.90 Å². The van der Waals surface area contributed by atoms with Gasteiger partial charge >= 0.3 is 0 Å². The highest BCUT2D eigenvalue weighted by Crippen LogP contribution is 2.17. The molecule has 2 N–H and O–H groups in total. The summed E-state index contributed by atoms with van der Waals surface area (Å²) in [5.41, 5.74) is 1.16. The second-order valence-electron chi connectivity index (χ2n) is 4.13. The van der Waals surface area contributed by atoms with Crippen molar-refractivity contribution in [2.75, 3.05) is 6.61 Å². The van der Waals surface area contributed by atoms with Gasteiger partial charge in [0.25, 0.3) is 5.91 Å². The van der Waals surface area contributed by atoms with Crippen molar-refractivity contribution >= 4 is 29.1 Å². The number of halogens is 2. The summed E-state index contributed by atoms with van der Waals surface area (Å²) in [4.78, 5) is 15.9. The van der Waals surface area contributed by atoms with Crippen molar-refractivity contribution in [2.45, 2.75) is 6.04 Å². The maximum absolute atomic E-state index is 12.1. The fourth-order valence-corrected chi connectivity index (χ4v) is 2.01. The summed E-state index contributed by atoms with van der Waals surface area (Å²) in [5.74, 6) is -0.330. The lowest BCUT2D eigenvalue weighted by Crippen LogP contribution is -2.30. The number of hydrogen-bond donors (Lipinski definition) is 2. The summed E-state index contributed by atoms with van der Waals surface area (Å²) in [7, 11) is 0. The lowest BCUT2D eigenvalue weighted by molar-refractivity contribution is 0.0916. The monoisotopic (exact) mass is 310 g/mol. The Hall–Kier alpha value is -1.62. The SMILES string of the molecule is O=C(NC(CO)c1ccc(Cl)cc1)c1ccnc(Cl)c1. The van der Waals surface area contributed by atoms with Gasteiger partial charge in [0, 0.05) is 16.8 Å². The van der Waals surface area contributed by atoms with Crippen molar-refractivity contribution in [2.24, 2.45) is 0 Å². The van der Waals surface area contributed by atoms with E-state index >= 15 is 0 Å². The molecule has 2 aromatic rings. The third-order valence-corrected chi connectivity index (χ3v) is 3.21. The molecule has 6 heteroatoms. The number of hydrogen-bond acceptors (Lipinski definition) is 3. The number of carbonyl (C=O) groups is 1. The molecule has 1 unspecified atom stereocenters. The van der Waals surface area contributed by atoms with Crippen LogP contribution in [0.15, 0.2) is 42.6 Å². The molecule has 0 radical (unpaired) electrons. The number of benzene rings is 1. The summed E-state index contributed by atoms with van der Waals surface area (Å²) in [6.07, 6.45) is 1.45. The topological polar surface area (TPSA) is 62.2 Å². The van der Waals surface area contributed by atoms with E-state index in [1.54, 1.807) is 30.3 Å². The predicted molar refractivity (Wildman–Crippen MR) is 78.0 cm³/mol. The van der Waals surface area contributed by atoms with E-state index in [2.05, 4.69) is 10.3 Å². The van der Waals surface area contributed by atoms with Crippen molar-refractivity contribution in [3.05, 3.63) is 63.9 Å². The van der Waals surface area contributed by atoms with E-state index in [1.807, 2.05) is 0 Å². The average molecular weight is 311 g/mol. The maximum atomic E-state index is 12.1. The minimum absolute atomic E-state index is 0.216. The van der Waals surface area contributed by atoms with Crippen LogP contribution in [-0.4, -0.2) is 22.6 Å². The zero-order chi connectivity index (χ0) is 14.5. The minimum atomic E-state index is -0.508. The number of aliphatic hydroxyl groups excluding tert-OH is 1. The van der Waals surface area contributed by atoms with Gasteiger partial charge in [0.05, 0.1) is 12.6 Å². The first-order valence-electron chi connectivity index (χ1n) is 5.89. The van der Waals surface area contributed by atoms with E-state index in [-0.39, 0.29) is 17.7 Å². The molecular weight excluding hydrogens is 299 g/mol. The van der Waals surface area contributed by atoms with Crippen molar-refractivity contribution in [1.29, 1.82) is 0 Å². The Bertz CT molecular complexity index is 602. The Labute approximate surface area is 126 Å². The molecule has 0 aliphatic heterocycles. The van der Waals surface area contributed by atoms with Crippen LogP contribution in [0.2, 0.25) is 10.2 Å². The Balaban J connectivity index is 2.14. The Morgan fingerprint density at radius 2 is 1.95 bits per heavy atom. The van der Waals surface area contributed by atoms with Crippen LogP contribution >= 0.6 is 23.2 Å². The van der Waals surface area contributed by atoms with E-state index in [4.69, 9.17) is 23.2 Å². The van der Waals surface area contributed by atoms with Crippen LogP contribution in [0.3, 0.4) is 0 Å². The Kier molecular flexibility index (Phi) is 4.95. The quantitative estimate of drug-likeness (QED) is 0.854. The lowest BCUT2D eigenvalue weighted by atomic mass is 10.1. The molecule has 2 rings (SSSR count). The normalized spacial score (nSPS) is 11.9. The number of amides is 1. The molecule has 0 spiro atoms. The van der Waals surface area contributed by atoms with Gasteiger partial charge in [-0.3, -0.25) is 4.79 Å². The Morgan fingerprint density at radius 3 is 2.55 bits per heavy atom. The molecule has 0 aliphatic rings. The van der Waals surface area contributed by atoms with E-state index < -0.39 is 6.04 Å². The number of nitrogens with zero attached hydrogens (tertiary/aromatic N) is 1. The average Bonchev–Trinajstić information content (AvgIpc) is 2.45. The second kappa shape index (κ2) is 6.70. The molecule has 0 bridgehead atoms. The number of aliphatic hydroxyl groups is 1. The van der Waals surface area contributed by atoms with Gasteiger partial charge in [0.1, 0.15) is 5.15 Å². The van der Waals surface area contributed by atoms with Crippen LogP contribution in [0.25, 0.3) is 0 Å². The summed E-state index contributed by atoms with van der Waals surface area (Å²) in [6.45, 7) is -0.216. The molecule has 1 aromatic carbocycles. The fourth-order valence-electron chi connectivity index (χ4n) is 1.71. The number of nitrogens with one attached hydrogen (secondary N) is 1. The van der Waals surface area contributed by atoms with Crippen LogP contribution in [0, 0.1) is 0 Å². The zero-order valence-electron chi connectivity index (χ0n) is 10.4. The van der Waals surface area contributed by atoms with Crippen LogP contribution in [0.5, 0.6) is 0 Å². The summed E-state index contributed by atoms with van der Waals surface area (Å²) < 4.78 is 0. The van der Waals surface area contributed by atoms with Gasteiger partial charge in [-0.25, -0.2) is 4.98 Å². The summed E-state index contributed by atoms with van der Waals surface area (Å²) >= 11 is 11.5. The van der Waals surface area contributed by atoms with Crippen LogP contribution in [-0.2, 0) is 0 Å². The van der Waals surface area contributed by atoms with Gasteiger partial charge in [-0.05, 0) is 29.8 Å². The van der Waals surface area contributed by atoms with Crippen LogP contribution in [0.4, 0.5) is 0 Å². The highest BCUT2D eigenvalue weighted by Gasteiger charge is 2.15.